The molecule has 0 radical (unpaired) electrons. The van der Waals surface area contributed by atoms with E-state index >= 15 is 0 Å². The standard InChI is InChI=1S/C15H21N3/c1-3-8-18-11-15(10-17-18)14-6-4-13(5-7-14)9-12(2)16/h4-7,10-12H,3,8-9,16H2,1-2H3. The molecule has 0 aliphatic carbocycles. The molecule has 18 heavy (non-hydrogen) atoms. The second kappa shape index (κ2) is 5.83. The summed E-state index contributed by atoms with van der Waals surface area (Å²) in [4.78, 5) is 0. The Kier molecular flexibility index (Phi) is 4.15. The molecule has 2 aromatic rings. The summed E-state index contributed by atoms with van der Waals surface area (Å²) >= 11 is 0. The first-order valence-corrected chi connectivity index (χ1v) is 6.56. The Morgan fingerprint density at radius 2 is 1.94 bits per heavy atom. The van der Waals surface area contributed by atoms with Crippen molar-refractivity contribution < 1.29 is 0 Å². The number of benzene rings is 1. The molecule has 3 heteroatoms. The molecule has 0 spiro atoms. The average Bonchev–Trinajstić information content (AvgIpc) is 2.78. The fraction of sp³-hybridized carbons (Fsp3) is 0.400. The zero-order chi connectivity index (χ0) is 13.0. The highest BCUT2D eigenvalue weighted by Crippen LogP contribution is 2.19. The highest BCUT2D eigenvalue weighted by molar-refractivity contribution is 5.61. The van der Waals surface area contributed by atoms with Crippen LogP contribution in [0.15, 0.2) is 36.7 Å². The molecule has 96 valence electrons. The molecule has 1 heterocycles. The molecule has 0 bridgehead atoms. The van der Waals surface area contributed by atoms with Gasteiger partial charge >= 0.3 is 0 Å². The molecule has 3 nitrogen and oxygen atoms in total. The van der Waals surface area contributed by atoms with E-state index < -0.39 is 0 Å². The summed E-state index contributed by atoms with van der Waals surface area (Å²) in [5.41, 5.74) is 9.47. The number of aryl methyl sites for hydroxylation is 1. The van der Waals surface area contributed by atoms with E-state index in [0.717, 1.165) is 19.4 Å². The summed E-state index contributed by atoms with van der Waals surface area (Å²) in [5.74, 6) is 0. The van der Waals surface area contributed by atoms with Gasteiger partial charge in [-0.3, -0.25) is 4.68 Å². The van der Waals surface area contributed by atoms with Gasteiger partial charge in [-0.2, -0.15) is 5.10 Å². The van der Waals surface area contributed by atoms with Crippen molar-refractivity contribution >= 4 is 0 Å². The maximum absolute atomic E-state index is 5.80. The third-order valence-electron chi connectivity index (χ3n) is 2.93. The Balaban J connectivity index is 2.12. The second-order valence-electron chi connectivity index (χ2n) is 4.87. The SMILES string of the molecule is CCCn1cc(-c2ccc(CC(C)N)cc2)cn1. The molecule has 2 N–H and O–H groups in total. The van der Waals surface area contributed by atoms with Gasteiger partial charge in [-0.05, 0) is 30.9 Å². The third kappa shape index (κ3) is 3.20. The van der Waals surface area contributed by atoms with Crippen molar-refractivity contribution in [3.05, 3.63) is 42.2 Å². The number of hydrogen-bond acceptors (Lipinski definition) is 2. The van der Waals surface area contributed by atoms with Gasteiger partial charge in [-0.15, -0.1) is 0 Å². The summed E-state index contributed by atoms with van der Waals surface area (Å²) in [6, 6.07) is 8.80. The third-order valence-corrected chi connectivity index (χ3v) is 2.93. The molecule has 1 atom stereocenters. The molecule has 2 rings (SSSR count). The van der Waals surface area contributed by atoms with Crippen molar-refractivity contribution in [2.75, 3.05) is 0 Å². The van der Waals surface area contributed by atoms with Crippen molar-refractivity contribution in [2.24, 2.45) is 5.73 Å². The Labute approximate surface area is 109 Å². The van der Waals surface area contributed by atoms with Crippen molar-refractivity contribution in [2.45, 2.75) is 39.3 Å². The van der Waals surface area contributed by atoms with Crippen LogP contribution in [-0.4, -0.2) is 15.8 Å². The summed E-state index contributed by atoms with van der Waals surface area (Å²) in [6.07, 6.45) is 6.06. The van der Waals surface area contributed by atoms with Crippen LogP contribution in [0.1, 0.15) is 25.8 Å². The van der Waals surface area contributed by atoms with E-state index in [2.05, 4.69) is 42.5 Å². The molecular weight excluding hydrogens is 222 g/mol. The maximum Gasteiger partial charge on any atom is 0.0568 e. The number of aromatic nitrogens is 2. The van der Waals surface area contributed by atoms with Crippen molar-refractivity contribution in [3.63, 3.8) is 0 Å². The summed E-state index contributed by atoms with van der Waals surface area (Å²) in [6.45, 7) is 5.16. The fourth-order valence-corrected chi connectivity index (χ4v) is 2.07. The lowest BCUT2D eigenvalue weighted by Crippen LogP contribution is -2.17. The zero-order valence-corrected chi connectivity index (χ0v) is 11.1. The van der Waals surface area contributed by atoms with E-state index in [-0.39, 0.29) is 6.04 Å². The second-order valence-corrected chi connectivity index (χ2v) is 4.87. The van der Waals surface area contributed by atoms with E-state index in [9.17, 15) is 0 Å². The first-order valence-electron chi connectivity index (χ1n) is 6.56. The van der Waals surface area contributed by atoms with Gasteiger partial charge in [-0.1, -0.05) is 31.2 Å². The maximum atomic E-state index is 5.80. The monoisotopic (exact) mass is 243 g/mol. The molecule has 1 aromatic carbocycles. The van der Waals surface area contributed by atoms with E-state index in [0.29, 0.717) is 0 Å². The highest BCUT2D eigenvalue weighted by atomic mass is 15.3. The van der Waals surface area contributed by atoms with Gasteiger partial charge < -0.3 is 5.73 Å². The minimum atomic E-state index is 0.211. The quantitative estimate of drug-likeness (QED) is 0.877. The predicted molar refractivity (Wildman–Crippen MR) is 75.3 cm³/mol. The summed E-state index contributed by atoms with van der Waals surface area (Å²) in [5, 5.41) is 4.35. The van der Waals surface area contributed by atoms with Crippen LogP contribution in [0, 0.1) is 0 Å². The summed E-state index contributed by atoms with van der Waals surface area (Å²) in [7, 11) is 0. The Hall–Kier alpha value is -1.61. The first kappa shape index (κ1) is 12.8. The topological polar surface area (TPSA) is 43.8 Å². The minimum Gasteiger partial charge on any atom is -0.328 e. The lowest BCUT2D eigenvalue weighted by molar-refractivity contribution is 0.603. The first-order chi connectivity index (χ1) is 8.69. The highest BCUT2D eigenvalue weighted by Gasteiger charge is 2.02. The van der Waals surface area contributed by atoms with Crippen LogP contribution in [0.4, 0.5) is 0 Å². The van der Waals surface area contributed by atoms with Crippen molar-refractivity contribution in [1.29, 1.82) is 0 Å². The van der Waals surface area contributed by atoms with Gasteiger partial charge in [-0.25, -0.2) is 0 Å². The van der Waals surface area contributed by atoms with Gasteiger partial charge in [0, 0.05) is 24.3 Å². The lowest BCUT2D eigenvalue weighted by Gasteiger charge is -2.05. The summed E-state index contributed by atoms with van der Waals surface area (Å²) < 4.78 is 1.99. The zero-order valence-electron chi connectivity index (χ0n) is 11.1. The molecule has 0 saturated heterocycles. The Morgan fingerprint density at radius 3 is 2.56 bits per heavy atom. The predicted octanol–water partition coefficient (Wildman–Crippen LogP) is 2.85. The van der Waals surface area contributed by atoms with Crippen LogP contribution in [0.5, 0.6) is 0 Å². The molecule has 0 saturated carbocycles. The molecule has 0 amide bonds. The smallest absolute Gasteiger partial charge is 0.0568 e. The van der Waals surface area contributed by atoms with Crippen molar-refractivity contribution in [1.82, 2.24) is 9.78 Å². The number of nitrogens with two attached hydrogens (primary N) is 1. The average molecular weight is 243 g/mol. The van der Waals surface area contributed by atoms with Crippen LogP contribution >= 0.6 is 0 Å². The minimum absolute atomic E-state index is 0.211. The van der Waals surface area contributed by atoms with E-state index in [1.807, 2.05) is 17.8 Å². The molecule has 0 fully saturated rings. The molecular formula is C15H21N3. The largest absolute Gasteiger partial charge is 0.328 e. The number of nitrogens with zero attached hydrogens (tertiary/aromatic N) is 2. The lowest BCUT2D eigenvalue weighted by atomic mass is 10.0. The van der Waals surface area contributed by atoms with Gasteiger partial charge in [0.1, 0.15) is 0 Å². The van der Waals surface area contributed by atoms with Gasteiger partial charge in [0.25, 0.3) is 0 Å². The van der Waals surface area contributed by atoms with Gasteiger partial charge in [0.2, 0.25) is 0 Å². The number of rotatable bonds is 5. The van der Waals surface area contributed by atoms with Gasteiger partial charge in [0.15, 0.2) is 0 Å². The van der Waals surface area contributed by atoms with E-state index in [4.69, 9.17) is 5.73 Å². The Morgan fingerprint density at radius 1 is 1.22 bits per heavy atom. The fourth-order valence-electron chi connectivity index (χ4n) is 2.07. The van der Waals surface area contributed by atoms with Crippen LogP contribution < -0.4 is 5.73 Å². The van der Waals surface area contributed by atoms with E-state index in [1.54, 1.807) is 0 Å². The van der Waals surface area contributed by atoms with E-state index in [1.165, 1.54) is 16.7 Å². The molecule has 1 unspecified atom stereocenters. The Bertz CT molecular complexity index is 483. The van der Waals surface area contributed by atoms with Crippen LogP contribution in [0.3, 0.4) is 0 Å². The number of hydrogen-bond donors (Lipinski definition) is 1. The normalized spacial score (nSPS) is 12.6. The van der Waals surface area contributed by atoms with Crippen LogP contribution in [0.2, 0.25) is 0 Å². The van der Waals surface area contributed by atoms with Crippen LogP contribution in [-0.2, 0) is 13.0 Å². The van der Waals surface area contributed by atoms with Crippen molar-refractivity contribution in [3.8, 4) is 11.1 Å². The molecule has 0 aliphatic rings. The molecule has 0 aliphatic heterocycles. The van der Waals surface area contributed by atoms with Gasteiger partial charge in [0.05, 0.1) is 6.20 Å². The van der Waals surface area contributed by atoms with Crippen LogP contribution in [0.25, 0.3) is 11.1 Å². The molecule has 1 aromatic heterocycles.